The first kappa shape index (κ1) is 13.9. The van der Waals surface area contributed by atoms with Crippen LogP contribution in [-0.4, -0.2) is 19.8 Å². The Balaban J connectivity index is 2.21. The van der Waals surface area contributed by atoms with Gasteiger partial charge in [0.15, 0.2) is 0 Å². The summed E-state index contributed by atoms with van der Waals surface area (Å²) in [5.74, 6) is 1.21. The summed E-state index contributed by atoms with van der Waals surface area (Å²) in [6, 6.07) is 8.60. The van der Waals surface area contributed by atoms with E-state index >= 15 is 0 Å². The molecule has 0 bridgehead atoms. The summed E-state index contributed by atoms with van der Waals surface area (Å²) in [6.45, 7) is 7.14. The van der Waals surface area contributed by atoms with Crippen molar-refractivity contribution in [2.45, 2.75) is 26.3 Å². The van der Waals surface area contributed by atoms with Crippen LogP contribution in [0.1, 0.15) is 31.9 Å². The molecular formula is C15H22ClNO. The molecule has 0 aromatic heterocycles. The Bertz CT molecular complexity index is 383. The van der Waals surface area contributed by atoms with Gasteiger partial charge in [-0.25, -0.2) is 0 Å². The third kappa shape index (κ3) is 3.25. The molecule has 100 valence electrons. The van der Waals surface area contributed by atoms with Gasteiger partial charge in [0, 0.05) is 24.3 Å². The normalized spacial score (nSPS) is 25.9. The lowest BCUT2D eigenvalue weighted by Crippen LogP contribution is -2.37. The van der Waals surface area contributed by atoms with Crippen molar-refractivity contribution in [3.05, 3.63) is 34.9 Å². The number of hydrogen-bond donors (Lipinski definition) is 1. The molecule has 1 aromatic carbocycles. The topological polar surface area (TPSA) is 21.3 Å². The summed E-state index contributed by atoms with van der Waals surface area (Å²) in [5, 5.41) is 4.43. The van der Waals surface area contributed by atoms with Crippen LogP contribution in [0, 0.1) is 11.8 Å². The molecule has 1 N–H and O–H groups in total. The van der Waals surface area contributed by atoms with Crippen molar-refractivity contribution >= 4 is 11.6 Å². The van der Waals surface area contributed by atoms with Gasteiger partial charge in [0.05, 0.1) is 0 Å². The van der Waals surface area contributed by atoms with E-state index < -0.39 is 0 Å². The zero-order valence-corrected chi connectivity index (χ0v) is 11.9. The minimum Gasteiger partial charge on any atom is -0.381 e. The third-order valence-corrected chi connectivity index (χ3v) is 4.00. The molecule has 0 amide bonds. The van der Waals surface area contributed by atoms with E-state index in [4.69, 9.17) is 16.3 Å². The van der Waals surface area contributed by atoms with Crippen molar-refractivity contribution in [1.29, 1.82) is 0 Å². The fourth-order valence-electron chi connectivity index (χ4n) is 2.83. The maximum absolute atomic E-state index is 6.11. The van der Waals surface area contributed by atoms with Crippen molar-refractivity contribution in [2.75, 3.05) is 19.8 Å². The van der Waals surface area contributed by atoms with Gasteiger partial charge in [-0.15, -0.1) is 0 Å². The van der Waals surface area contributed by atoms with Crippen LogP contribution in [0.25, 0.3) is 0 Å². The van der Waals surface area contributed by atoms with Crippen molar-refractivity contribution in [1.82, 2.24) is 5.32 Å². The maximum Gasteiger partial charge on any atom is 0.0494 e. The molecule has 1 aliphatic heterocycles. The molecule has 0 saturated carbocycles. The zero-order chi connectivity index (χ0) is 13.0. The molecule has 1 aromatic rings. The molecule has 1 saturated heterocycles. The predicted molar refractivity (Wildman–Crippen MR) is 76.0 cm³/mol. The first-order valence-electron chi connectivity index (χ1n) is 6.79. The van der Waals surface area contributed by atoms with E-state index in [1.54, 1.807) is 0 Å². The summed E-state index contributed by atoms with van der Waals surface area (Å²) in [5.41, 5.74) is 1.29. The highest BCUT2D eigenvalue weighted by Crippen LogP contribution is 2.34. The number of rotatable bonds is 4. The number of nitrogens with one attached hydrogen (secondary N) is 1. The number of ether oxygens (including phenoxy) is 1. The second-order valence-electron chi connectivity index (χ2n) is 5.10. The van der Waals surface area contributed by atoms with Crippen molar-refractivity contribution in [2.24, 2.45) is 11.8 Å². The van der Waals surface area contributed by atoms with Gasteiger partial charge >= 0.3 is 0 Å². The third-order valence-electron chi connectivity index (χ3n) is 3.77. The molecule has 0 spiro atoms. The summed E-state index contributed by atoms with van der Waals surface area (Å²) >= 11 is 6.11. The van der Waals surface area contributed by atoms with E-state index in [0.717, 1.165) is 31.2 Å². The van der Waals surface area contributed by atoms with Gasteiger partial charge in [-0.2, -0.15) is 0 Å². The fraction of sp³-hybridized carbons (Fsp3) is 0.600. The quantitative estimate of drug-likeness (QED) is 0.899. The second kappa shape index (κ2) is 6.55. The van der Waals surface area contributed by atoms with Gasteiger partial charge in [-0.3, -0.25) is 0 Å². The van der Waals surface area contributed by atoms with Gasteiger partial charge in [0.25, 0.3) is 0 Å². The van der Waals surface area contributed by atoms with Crippen LogP contribution < -0.4 is 5.32 Å². The van der Waals surface area contributed by atoms with E-state index in [1.807, 2.05) is 12.1 Å². The van der Waals surface area contributed by atoms with Crippen LogP contribution in [0.5, 0.6) is 0 Å². The molecule has 0 aliphatic carbocycles. The second-order valence-corrected chi connectivity index (χ2v) is 5.53. The van der Waals surface area contributed by atoms with Crippen LogP contribution in [0.2, 0.25) is 5.02 Å². The monoisotopic (exact) mass is 267 g/mol. The van der Waals surface area contributed by atoms with Gasteiger partial charge < -0.3 is 10.1 Å². The maximum atomic E-state index is 6.11. The van der Waals surface area contributed by atoms with Crippen LogP contribution >= 0.6 is 11.6 Å². The van der Waals surface area contributed by atoms with E-state index in [0.29, 0.717) is 17.9 Å². The lowest BCUT2D eigenvalue weighted by molar-refractivity contribution is 0.0108. The van der Waals surface area contributed by atoms with Crippen molar-refractivity contribution in [3.8, 4) is 0 Å². The molecule has 3 unspecified atom stereocenters. The van der Waals surface area contributed by atoms with Gasteiger partial charge in [0.2, 0.25) is 0 Å². The molecule has 3 atom stereocenters. The summed E-state index contributed by atoms with van der Waals surface area (Å²) in [7, 11) is 0. The van der Waals surface area contributed by atoms with Crippen molar-refractivity contribution in [3.63, 3.8) is 0 Å². The smallest absolute Gasteiger partial charge is 0.0494 e. The van der Waals surface area contributed by atoms with Crippen molar-refractivity contribution < 1.29 is 4.74 Å². The molecule has 2 nitrogen and oxygen atoms in total. The molecule has 2 rings (SSSR count). The largest absolute Gasteiger partial charge is 0.381 e. The van der Waals surface area contributed by atoms with Crippen LogP contribution in [0.15, 0.2) is 24.3 Å². The Morgan fingerprint density at radius 2 is 2.33 bits per heavy atom. The van der Waals surface area contributed by atoms with E-state index in [-0.39, 0.29) is 0 Å². The predicted octanol–water partition coefficient (Wildman–Crippen LogP) is 3.66. The highest BCUT2D eigenvalue weighted by atomic mass is 35.5. The minimum absolute atomic E-state index is 0.382. The Morgan fingerprint density at radius 1 is 1.50 bits per heavy atom. The number of halogens is 1. The van der Waals surface area contributed by atoms with Gasteiger partial charge in [0.1, 0.15) is 0 Å². The number of benzene rings is 1. The molecule has 1 aliphatic rings. The molecular weight excluding hydrogens is 246 g/mol. The van der Waals surface area contributed by atoms with E-state index in [1.165, 1.54) is 5.56 Å². The van der Waals surface area contributed by atoms with Gasteiger partial charge in [-0.05, 0) is 42.5 Å². The Kier molecular flexibility index (Phi) is 5.04. The zero-order valence-electron chi connectivity index (χ0n) is 11.2. The molecule has 18 heavy (non-hydrogen) atoms. The lowest BCUT2D eigenvalue weighted by Gasteiger charge is -2.36. The van der Waals surface area contributed by atoms with Crippen LogP contribution in [0.3, 0.4) is 0 Å². The Morgan fingerprint density at radius 3 is 3.00 bits per heavy atom. The molecule has 0 radical (unpaired) electrons. The SMILES string of the molecule is CCNC(c1cccc(Cl)c1)C1CCOCC1C. The average Bonchev–Trinajstić information content (AvgIpc) is 2.37. The van der Waals surface area contributed by atoms with E-state index in [2.05, 4.69) is 31.3 Å². The minimum atomic E-state index is 0.382. The highest BCUT2D eigenvalue weighted by Gasteiger charge is 2.30. The van der Waals surface area contributed by atoms with Crippen LogP contribution in [-0.2, 0) is 4.74 Å². The lowest BCUT2D eigenvalue weighted by atomic mass is 9.80. The first-order valence-corrected chi connectivity index (χ1v) is 7.16. The molecule has 1 fully saturated rings. The Labute approximate surface area is 115 Å². The summed E-state index contributed by atoms with van der Waals surface area (Å²) in [4.78, 5) is 0. The first-order chi connectivity index (χ1) is 8.72. The summed E-state index contributed by atoms with van der Waals surface area (Å²) in [6.07, 6.45) is 1.12. The van der Waals surface area contributed by atoms with E-state index in [9.17, 15) is 0 Å². The summed E-state index contributed by atoms with van der Waals surface area (Å²) < 4.78 is 5.55. The molecule has 3 heteroatoms. The molecule has 1 heterocycles. The Hall–Kier alpha value is -0.570. The fourth-order valence-corrected chi connectivity index (χ4v) is 3.03. The van der Waals surface area contributed by atoms with Gasteiger partial charge in [-0.1, -0.05) is 37.6 Å². The number of hydrogen-bond acceptors (Lipinski definition) is 2. The average molecular weight is 268 g/mol. The highest BCUT2D eigenvalue weighted by molar-refractivity contribution is 6.30. The van der Waals surface area contributed by atoms with Crippen LogP contribution in [0.4, 0.5) is 0 Å². The standard InChI is InChI=1S/C15H22ClNO/c1-3-17-15(12-5-4-6-13(16)9-12)14-7-8-18-10-11(14)2/h4-6,9,11,14-15,17H,3,7-8,10H2,1-2H3.